The Kier molecular flexibility index (Phi) is 22.6. The Hall–Kier alpha value is -2.49. The number of aliphatic hydroxyl groups is 3. The first-order valence-electron chi connectivity index (χ1n) is 36.4. The van der Waals surface area contributed by atoms with E-state index in [9.17, 15) is 29.7 Å². The molecule has 3 N–H and O–H groups in total. The number of hydrogen-bond donors (Lipinski definition) is 3. The SMILES string of the molecule is C.C.C.C.CC[C@]12CC[C@@](C)(O)C[C@@H]1CC[C@H]1[C@@H]3CC[C@H](C(=O)CBr)[C@@]3(C)CC[C@@H]12.CC[C@]12CC[C@@](C)(O)C[C@@H]1CC[C@H]1[C@@H]3CC[C@H](C(=O)Cn4nnc(C)n4)[C@@]3(C)CC[C@@H]12.CC[C@]12CC[C@@](C)(O)C[C@@H]1CC[C@H]1[C@@H]3CC[C@H](C(=O)Cn4nnnc4C)[C@@]3(C)CC[C@@H]12. The summed E-state index contributed by atoms with van der Waals surface area (Å²) in [5.41, 5.74) is 0.390. The van der Waals surface area contributed by atoms with Crippen LogP contribution >= 0.6 is 15.9 Å². The molecule has 0 spiro atoms. The minimum Gasteiger partial charge on any atom is -0.390 e. The molecular weight excluding hydrogens is 1210 g/mol. The number of carbonyl (C=O) groups is 3. The van der Waals surface area contributed by atoms with Gasteiger partial charge in [-0.3, -0.25) is 14.4 Å². The second kappa shape index (κ2) is 27.7. The summed E-state index contributed by atoms with van der Waals surface area (Å²) in [6.45, 7) is 24.9. The highest BCUT2D eigenvalue weighted by molar-refractivity contribution is 9.09. The number of alkyl halides is 1. The second-order valence-electron chi connectivity index (χ2n) is 34.6. The summed E-state index contributed by atoms with van der Waals surface area (Å²) in [6.07, 6.45) is 35.2. The van der Waals surface area contributed by atoms with Crippen molar-refractivity contribution in [3.8, 4) is 0 Å². The lowest BCUT2D eigenvalue weighted by atomic mass is 9.42. The Bertz CT molecular complexity index is 2870. The lowest BCUT2D eigenvalue weighted by Crippen LogP contribution is -2.56. The monoisotopic (exact) mass is 1340 g/mol. The molecule has 12 aliphatic rings. The minimum absolute atomic E-state index is 0. The molecule has 0 aromatic carbocycles. The fraction of sp³-hybridized carbons (Fsp3) is 0.935. The van der Waals surface area contributed by atoms with Crippen molar-refractivity contribution in [1.29, 1.82) is 0 Å². The number of carbonyl (C=O) groups excluding carboxylic acids is 3. The zero-order valence-corrected chi connectivity index (χ0v) is 58.1. The third-order valence-electron chi connectivity index (χ3n) is 31.1. The van der Waals surface area contributed by atoms with Crippen molar-refractivity contribution < 1.29 is 29.7 Å². The summed E-state index contributed by atoms with van der Waals surface area (Å²) in [5.74, 6) is 11.8. The van der Waals surface area contributed by atoms with E-state index >= 15 is 0 Å². The van der Waals surface area contributed by atoms with Gasteiger partial charge in [-0.2, -0.15) is 4.80 Å². The summed E-state index contributed by atoms with van der Waals surface area (Å²) in [5, 5.41) is 56.6. The van der Waals surface area contributed by atoms with Crippen molar-refractivity contribution in [2.24, 2.45) is 121 Å². The van der Waals surface area contributed by atoms with Crippen LogP contribution in [0.5, 0.6) is 0 Å². The van der Waals surface area contributed by atoms with Crippen LogP contribution in [-0.2, 0) is 27.5 Å². The molecule has 0 bridgehead atoms. The minimum atomic E-state index is -0.474. The molecule has 0 unspecified atom stereocenters. The smallest absolute Gasteiger partial charge is 0.171 e. The molecule has 12 fully saturated rings. The predicted molar refractivity (Wildman–Crippen MR) is 372 cm³/mol. The van der Waals surface area contributed by atoms with Gasteiger partial charge in [0.1, 0.15) is 24.7 Å². The highest BCUT2D eigenvalue weighted by Crippen LogP contribution is 2.73. The third kappa shape index (κ3) is 12.7. The topological polar surface area (TPSA) is 199 Å². The van der Waals surface area contributed by atoms with Crippen LogP contribution < -0.4 is 0 Å². The van der Waals surface area contributed by atoms with Gasteiger partial charge in [0.2, 0.25) is 0 Å². The Labute approximate surface area is 567 Å². The van der Waals surface area contributed by atoms with Gasteiger partial charge in [-0.25, -0.2) is 4.68 Å². The summed E-state index contributed by atoms with van der Waals surface area (Å²) in [6, 6.07) is 0. The first-order chi connectivity index (χ1) is 41.7. The number of rotatable bonds is 11. The van der Waals surface area contributed by atoms with E-state index in [0.717, 1.165) is 99.2 Å². The number of ketones is 3. The van der Waals surface area contributed by atoms with E-state index in [-0.39, 0.29) is 70.3 Å². The number of fused-ring (bicyclic) bond motifs is 15. The van der Waals surface area contributed by atoms with Gasteiger partial charge in [0.05, 0.1) is 22.1 Å². The quantitative estimate of drug-likeness (QED) is 0.180. The van der Waals surface area contributed by atoms with Gasteiger partial charge in [0.15, 0.2) is 17.4 Å². The number of hydrogen-bond acceptors (Lipinski definition) is 12. The van der Waals surface area contributed by atoms with E-state index in [1.54, 1.807) is 4.68 Å². The summed E-state index contributed by atoms with van der Waals surface area (Å²) in [7, 11) is 0. The molecule has 2 aromatic rings. The van der Waals surface area contributed by atoms with E-state index in [4.69, 9.17) is 0 Å². The Morgan fingerprint density at radius 1 is 0.446 bits per heavy atom. The van der Waals surface area contributed by atoms with Crippen molar-refractivity contribution in [1.82, 2.24) is 40.4 Å². The van der Waals surface area contributed by atoms with Crippen molar-refractivity contribution in [3.63, 3.8) is 0 Å². The molecule has 15 heteroatoms. The maximum atomic E-state index is 13.4. The highest BCUT2D eigenvalue weighted by atomic mass is 79.9. The summed E-state index contributed by atoms with van der Waals surface area (Å²) >= 11 is 3.44. The standard InChI is InChI=1S/2C25H40N4O2.C23H37BrO2.4CH4/c1-5-25-13-12-23(3,31)14-17(25)6-7-18-19-8-9-21(24(19,4)11-10-20(18)25)22(30)15-29-16(2)26-27-28-29;1-5-25-13-12-23(3,31)14-17(25)6-7-18-19-8-9-21(24(19,4)11-10-20(18)25)22(30)15-29-27-16(2)26-28-29;1-4-23-12-11-21(2,26)13-15(23)5-6-16-17-7-8-19(20(25)14-24)22(17,3)10-9-18(16)23;;;;/h2*17-21,31H,5-15H2,1-4H3;15-19,26H,4-14H2,1-3H3;4*1H4/t2*17-,18-,19-,20-,21+,23+,24-,25-;15-,16-,17-,18-,19+,21+,22-,23-;;;;/m000..../s1. The van der Waals surface area contributed by atoms with Gasteiger partial charge in [-0.15, -0.1) is 15.3 Å². The molecule has 12 saturated carbocycles. The second-order valence-corrected chi connectivity index (χ2v) is 35.2. The lowest BCUT2D eigenvalue weighted by Gasteiger charge is -2.63. The molecule has 2 heterocycles. The fourth-order valence-electron chi connectivity index (χ4n) is 26.8. The van der Waals surface area contributed by atoms with Gasteiger partial charge in [-0.1, -0.05) is 87.2 Å². The average Bonchev–Trinajstić information content (AvgIpc) is 1.34. The van der Waals surface area contributed by atoms with Gasteiger partial charge >= 0.3 is 0 Å². The van der Waals surface area contributed by atoms with E-state index in [1.165, 1.54) is 140 Å². The van der Waals surface area contributed by atoms with Gasteiger partial charge in [-0.05, 0) is 346 Å². The molecule has 12 aliphatic carbocycles. The average molecular weight is 1350 g/mol. The lowest BCUT2D eigenvalue weighted by molar-refractivity contribution is -0.158. The molecule has 2 aromatic heterocycles. The molecule has 92 heavy (non-hydrogen) atoms. The maximum absolute atomic E-state index is 13.4. The first-order valence-corrected chi connectivity index (χ1v) is 37.6. The molecule has 0 amide bonds. The fourth-order valence-corrected chi connectivity index (χ4v) is 27.2. The van der Waals surface area contributed by atoms with Crippen LogP contribution in [0.25, 0.3) is 0 Å². The number of Topliss-reactive ketones (excluding diaryl/α,β-unsaturated/α-hetero) is 3. The van der Waals surface area contributed by atoms with Crippen molar-refractivity contribution >= 4 is 33.3 Å². The number of tetrazole rings is 2. The predicted octanol–water partition coefficient (Wildman–Crippen LogP) is 17.0. The number of aromatic nitrogens is 8. The van der Waals surface area contributed by atoms with Crippen molar-refractivity contribution in [2.45, 2.75) is 328 Å². The Morgan fingerprint density at radius 3 is 1.12 bits per heavy atom. The van der Waals surface area contributed by atoms with Gasteiger partial charge in [0, 0.05) is 17.8 Å². The summed E-state index contributed by atoms with van der Waals surface area (Å²) in [4.78, 5) is 40.7. The number of halogens is 1. The van der Waals surface area contributed by atoms with Crippen LogP contribution in [0.1, 0.15) is 296 Å². The van der Waals surface area contributed by atoms with Crippen LogP contribution in [0.2, 0.25) is 0 Å². The van der Waals surface area contributed by atoms with Crippen LogP contribution in [0.3, 0.4) is 0 Å². The normalized spacial score (nSPS) is 46.7. The molecular formula is C77H133BrN8O6. The molecule has 14 rings (SSSR count). The molecule has 24 atom stereocenters. The maximum Gasteiger partial charge on any atom is 0.171 e. The largest absolute Gasteiger partial charge is 0.390 e. The molecule has 0 radical (unpaired) electrons. The van der Waals surface area contributed by atoms with Crippen LogP contribution in [0, 0.1) is 135 Å². The molecule has 0 saturated heterocycles. The van der Waals surface area contributed by atoms with Crippen LogP contribution in [-0.4, -0.2) is 95.2 Å². The van der Waals surface area contributed by atoms with Crippen LogP contribution in [0.15, 0.2) is 0 Å². The van der Waals surface area contributed by atoms with E-state index in [0.29, 0.717) is 86.7 Å². The highest BCUT2D eigenvalue weighted by Gasteiger charge is 2.66. The zero-order valence-electron chi connectivity index (χ0n) is 56.5. The molecule has 524 valence electrons. The number of nitrogens with zero attached hydrogens (tertiary/aromatic N) is 8. The Morgan fingerprint density at radius 2 is 0.804 bits per heavy atom. The van der Waals surface area contributed by atoms with E-state index < -0.39 is 16.8 Å². The third-order valence-corrected chi connectivity index (χ3v) is 31.6. The first kappa shape index (κ1) is 75.3. The van der Waals surface area contributed by atoms with Crippen LogP contribution in [0.4, 0.5) is 0 Å². The molecule has 14 nitrogen and oxygen atoms in total. The Balaban J connectivity index is 0.000000175. The van der Waals surface area contributed by atoms with Crippen molar-refractivity contribution in [3.05, 3.63) is 11.6 Å². The summed E-state index contributed by atoms with van der Waals surface area (Å²) < 4.78 is 1.66. The van der Waals surface area contributed by atoms with E-state index in [2.05, 4.69) is 109 Å². The zero-order chi connectivity index (χ0) is 62.8. The number of aryl methyl sites for hydroxylation is 2. The molecule has 0 aliphatic heterocycles. The van der Waals surface area contributed by atoms with Gasteiger partial charge < -0.3 is 15.3 Å². The van der Waals surface area contributed by atoms with Crippen molar-refractivity contribution in [2.75, 3.05) is 5.33 Å². The van der Waals surface area contributed by atoms with E-state index in [1.807, 2.05) is 13.8 Å². The van der Waals surface area contributed by atoms with Gasteiger partial charge in [0.25, 0.3) is 0 Å².